The Hall–Kier alpha value is -0.760. The Bertz CT molecular complexity index is 605. The van der Waals surface area contributed by atoms with Gasteiger partial charge in [-0.25, -0.2) is 0 Å². The number of hydrogen-bond acceptors (Lipinski definition) is 2. The molecule has 0 aliphatic heterocycles. The molecule has 5 aliphatic carbocycles. The number of allylic oxidation sites excluding steroid dienone is 4. The zero-order chi connectivity index (χ0) is 17.7. The van der Waals surface area contributed by atoms with Crippen molar-refractivity contribution < 1.29 is 9.84 Å². The first-order valence-electron chi connectivity index (χ1n) is 11.4. The molecule has 0 unspecified atom stereocenters. The van der Waals surface area contributed by atoms with Gasteiger partial charge in [0.2, 0.25) is 0 Å². The second-order valence-corrected chi connectivity index (χ2v) is 10.1. The van der Waals surface area contributed by atoms with E-state index in [9.17, 15) is 5.11 Å². The fourth-order valence-corrected chi connectivity index (χ4v) is 7.63. The van der Waals surface area contributed by atoms with Crippen molar-refractivity contribution in [2.24, 2.45) is 35.0 Å². The molecule has 5 rings (SSSR count). The van der Waals surface area contributed by atoms with E-state index in [0.717, 1.165) is 37.2 Å². The maximum atomic E-state index is 10.7. The van der Waals surface area contributed by atoms with Crippen LogP contribution in [0.1, 0.15) is 77.6 Å². The van der Waals surface area contributed by atoms with Gasteiger partial charge in [0.05, 0.1) is 18.5 Å². The molecule has 0 saturated heterocycles. The number of ether oxygens (including phenoxy) is 1. The van der Waals surface area contributed by atoms with Gasteiger partial charge in [-0.2, -0.15) is 0 Å². The minimum absolute atomic E-state index is 0.0733. The van der Waals surface area contributed by atoms with Crippen molar-refractivity contribution in [3.05, 3.63) is 23.5 Å². The van der Waals surface area contributed by atoms with E-state index in [1.165, 1.54) is 63.5 Å². The molecule has 0 aromatic rings. The lowest BCUT2D eigenvalue weighted by atomic mass is 9.49. The average Bonchev–Trinajstić information content (AvgIpc) is 3.28. The Kier molecular flexibility index (Phi) is 4.46. The number of aliphatic hydroxyl groups is 1. The molecule has 2 heteroatoms. The Morgan fingerprint density at radius 3 is 2.85 bits per heavy atom. The normalized spacial score (nSPS) is 47.5. The Morgan fingerprint density at radius 2 is 2.00 bits per heavy atom. The van der Waals surface area contributed by atoms with E-state index in [1.807, 2.05) is 0 Å². The minimum Gasteiger partial charge on any atom is -0.498 e. The van der Waals surface area contributed by atoms with Gasteiger partial charge >= 0.3 is 0 Å². The maximum absolute atomic E-state index is 10.7. The smallest absolute Gasteiger partial charge is 0.0920 e. The summed E-state index contributed by atoms with van der Waals surface area (Å²) in [5.74, 6) is 5.10. The summed E-state index contributed by atoms with van der Waals surface area (Å²) in [5, 5.41) is 10.7. The van der Waals surface area contributed by atoms with E-state index in [4.69, 9.17) is 4.74 Å². The second kappa shape index (κ2) is 6.69. The molecule has 7 atom stereocenters. The number of rotatable bonds is 3. The van der Waals surface area contributed by atoms with Crippen molar-refractivity contribution in [1.29, 1.82) is 0 Å². The zero-order valence-corrected chi connectivity index (χ0v) is 16.5. The van der Waals surface area contributed by atoms with E-state index >= 15 is 0 Å². The monoisotopic (exact) mass is 356 g/mol. The molecule has 2 nitrogen and oxygen atoms in total. The summed E-state index contributed by atoms with van der Waals surface area (Å²) in [4.78, 5) is 0. The Balaban J connectivity index is 1.43. The maximum Gasteiger partial charge on any atom is 0.0920 e. The zero-order valence-electron chi connectivity index (χ0n) is 16.5. The van der Waals surface area contributed by atoms with Gasteiger partial charge in [0.1, 0.15) is 0 Å². The van der Waals surface area contributed by atoms with Gasteiger partial charge in [-0.05, 0) is 99.4 Å². The van der Waals surface area contributed by atoms with Crippen LogP contribution in [-0.4, -0.2) is 17.8 Å². The molecule has 0 spiro atoms. The molecule has 144 valence electrons. The molecule has 26 heavy (non-hydrogen) atoms. The number of hydrogen-bond donors (Lipinski definition) is 1. The van der Waals surface area contributed by atoms with E-state index in [-0.39, 0.29) is 11.5 Å². The molecule has 0 amide bonds. The van der Waals surface area contributed by atoms with Crippen molar-refractivity contribution in [2.75, 3.05) is 6.61 Å². The van der Waals surface area contributed by atoms with E-state index < -0.39 is 0 Å². The summed E-state index contributed by atoms with van der Waals surface area (Å²) in [7, 11) is 0. The minimum atomic E-state index is -0.0733. The van der Waals surface area contributed by atoms with Crippen LogP contribution in [0.25, 0.3) is 0 Å². The van der Waals surface area contributed by atoms with Crippen LogP contribution < -0.4 is 0 Å². The van der Waals surface area contributed by atoms with Crippen LogP contribution in [-0.2, 0) is 4.74 Å². The Morgan fingerprint density at radius 1 is 1.12 bits per heavy atom. The van der Waals surface area contributed by atoms with Crippen LogP contribution in [0.3, 0.4) is 0 Å². The SMILES string of the molecule is C[C@]12CC[C@H]3[C@@H]([C@H](COC4=CCCC4)CC4=CCCC[C@@H]43)[C@@H]1CC[C@@H]2O. The van der Waals surface area contributed by atoms with Gasteiger partial charge in [0.15, 0.2) is 0 Å². The molecule has 0 aromatic carbocycles. The summed E-state index contributed by atoms with van der Waals surface area (Å²) >= 11 is 0. The molecule has 5 aliphatic rings. The van der Waals surface area contributed by atoms with Crippen LogP contribution in [0.2, 0.25) is 0 Å². The van der Waals surface area contributed by atoms with Gasteiger partial charge < -0.3 is 9.84 Å². The summed E-state index contributed by atoms with van der Waals surface area (Å²) in [6, 6.07) is 0. The first-order chi connectivity index (χ1) is 12.7. The molecule has 3 fully saturated rings. The van der Waals surface area contributed by atoms with Crippen LogP contribution in [0.15, 0.2) is 23.5 Å². The van der Waals surface area contributed by atoms with E-state index in [2.05, 4.69) is 19.1 Å². The summed E-state index contributed by atoms with van der Waals surface area (Å²) in [6.45, 7) is 3.31. The van der Waals surface area contributed by atoms with Gasteiger partial charge in [-0.15, -0.1) is 0 Å². The number of fused-ring (bicyclic) bond motifs is 5. The van der Waals surface area contributed by atoms with Crippen LogP contribution >= 0.6 is 0 Å². The van der Waals surface area contributed by atoms with E-state index in [1.54, 1.807) is 5.57 Å². The van der Waals surface area contributed by atoms with E-state index in [0.29, 0.717) is 11.8 Å². The van der Waals surface area contributed by atoms with Gasteiger partial charge in [-0.3, -0.25) is 0 Å². The Labute approximate surface area is 159 Å². The van der Waals surface area contributed by atoms with Crippen LogP contribution in [0, 0.1) is 35.0 Å². The summed E-state index contributed by atoms with van der Waals surface area (Å²) < 4.78 is 6.35. The predicted molar refractivity (Wildman–Crippen MR) is 104 cm³/mol. The molecule has 3 saturated carbocycles. The van der Waals surface area contributed by atoms with Crippen molar-refractivity contribution >= 4 is 0 Å². The highest BCUT2D eigenvalue weighted by Gasteiger charge is 2.58. The molecule has 0 heterocycles. The van der Waals surface area contributed by atoms with Crippen molar-refractivity contribution in [3.8, 4) is 0 Å². The highest BCUT2D eigenvalue weighted by molar-refractivity contribution is 5.20. The number of aliphatic hydroxyl groups excluding tert-OH is 1. The standard InChI is InChI=1S/C24H36O2/c1-24-13-12-20-19-9-5-2-6-16(19)14-17(15-26-18-7-3-4-8-18)23(20)21(24)10-11-22(24)25/h6-7,17,19-23,25H,2-5,8-15H2,1H3/t17-,19-,20+,21-,22-,23+,24-/m0/s1. The third kappa shape index (κ3) is 2.70. The van der Waals surface area contributed by atoms with Crippen LogP contribution in [0.4, 0.5) is 0 Å². The van der Waals surface area contributed by atoms with Crippen molar-refractivity contribution in [1.82, 2.24) is 0 Å². The molecule has 0 bridgehead atoms. The third-order valence-corrected chi connectivity index (χ3v) is 8.98. The van der Waals surface area contributed by atoms with Crippen LogP contribution in [0.5, 0.6) is 0 Å². The molecular weight excluding hydrogens is 320 g/mol. The first-order valence-corrected chi connectivity index (χ1v) is 11.4. The second-order valence-electron chi connectivity index (χ2n) is 10.1. The lowest BCUT2D eigenvalue weighted by Gasteiger charge is -2.56. The first kappa shape index (κ1) is 17.3. The fourth-order valence-electron chi connectivity index (χ4n) is 7.63. The third-order valence-electron chi connectivity index (χ3n) is 8.98. The summed E-state index contributed by atoms with van der Waals surface area (Å²) in [6.07, 6.45) is 18.6. The molecule has 1 N–H and O–H groups in total. The average molecular weight is 357 g/mol. The largest absolute Gasteiger partial charge is 0.498 e. The van der Waals surface area contributed by atoms with Gasteiger partial charge in [0.25, 0.3) is 0 Å². The van der Waals surface area contributed by atoms with Crippen molar-refractivity contribution in [3.63, 3.8) is 0 Å². The highest BCUT2D eigenvalue weighted by atomic mass is 16.5. The van der Waals surface area contributed by atoms with Crippen molar-refractivity contribution in [2.45, 2.75) is 83.7 Å². The predicted octanol–water partition coefficient (Wildman–Crippen LogP) is 5.62. The molecule has 0 radical (unpaired) electrons. The van der Waals surface area contributed by atoms with Gasteiger partial charge in [-0.1, -0.05) is 18.6 Å². The lowest BCUT2D eigenvalue weighted by molar-refractivity contribution is -0.0841. The summed E-state index contributed by atoms with van der Waals surface area (Å²) in [5.41, 5.74) is 1.94. The fraction of sp³-hybridized carbons (Fsp3) is 0.833. The van der Waals surface area contributed by atoms with Gasteiger partial charge in [0, 0.05) is 12.3 Å². The molecule has 0 aromatic heterocycles. The topological polar surface area (TPSA) is 29.5 Å². The molecular formula is C24H36O2. The lowest BCUT2D eigenvalue weighted by Crippen LogP contribution is -2.51. The quantitative estimate of drug-likeness (QED) is 0.665. The highest BCUT2D eigenvalue weighted by Crippen LogP contribution is 2.63.